The van der Waals surface area contributed by atoms with Gasteiger partial charge in [-0.3, -0.25) is 4.98 Å². The Morgan fingerprint density at radius 1 is 0.810 bits per heavy atom. The average molecular weight is 276 g/mol. The molecule has 3 aromatic rings. The van der Waals surface area contributed by atoms with Crippen LogP contribution in [0.15, 0.2) is 79.1 Å². The molecule has 21 heavy (non-hydrogen) atoms. The molecule has 3 rings (SSSR count). The normalized spacial score (nSPS) is 10.2. The van der Waals surface area contributed by atoms with Crippen molar-refractivity contribution in [1.82, 2.24) is 9.88 Å². The molecule has 0 radical (unpaired) electrons. The smallest absolute Gasteiger partial charge is 0.0701 e. The molecule has 0 aliphatic rings. The van der Waals surface area contributed by atoms with Gasteiger partial charge in [-0.05, 0) is 30.0 Å². The molecule has 2 heteroatoms. The van der Waals surface area contributed by atoms with Crippen molar-refractivity contribution in [1.29, 1.82) is 0 Å². The van der Waals surface area contributed by atoms with Gasteiger partial charge >= 0.3 is 0 Å². The minimum Gasteiger partial charge on any atom is -0.383 e. The predicted molar refractivity (Wildman–Crippen MR) is 90.9 cm³/mol. The van der Waals surface area contributed by atoms with Crippen molar-refractivity contribution in [3.8, 4) is 0 Å². The third-order valence-corrected chi connectivity index (χ3v) is 2.88. The van der Waals surface area contributed by atoms with E-state index in [1.54, 1.807) is 0 Å². The van der Waals surface area contributed by atoms with Crippen molar-refractivity contribution in [2.24, 2.45) is 0 Å². The number of nitrogens with zero attached hydrogens (tertiary/aromatic N) is 2. The van der Waals surface area contributed by atoms with Gasteiger partial charge in [-0.15, -0.1) is 0 Å². The van der Waals surface area contributed by atoms with Gasteiger partial charge in [-0.25, -0.2) is 0 Å². The van der Waals surface area contributed by atoms with Crippen LogP contribution >= 0.6 is 0 Å². The van der Waals surface area contributed by atoms with E-state index >= 15 is 0 Å². The fourth-order valence-corrected chi connectivity index (χ4v) is 1.82. The second-order valence-electron chi connectivity index (χ2n) is 4.89. The topological polar surface area (TPSA) is 16.1 Å². The monoisotopic (exact) mass is 276 g/mol. The first-order valence-corrected chi connectivity index (χ1v) is 6.95. The quantitative estimate of drug-likeness (QED) is 0.687. The average Bonchev–Trinajstić information content (AvgIpc) is 2.55. The molecule has 1 aromatic heterocycles. The summed E-state index contributed by atoms with van der Waals surface area (Å²) in [5.74, 6) is 0. The largest absolute Gasteiger partial charge is 0.383 e. The van der Waals surface area contributed by atoms with Crippen molar-refractivity contribution in [2.75, 3.05) is 14.1 Å². The Labute approximate surface area is 126 Å². The molecule has 2 aromatic carbocycles. The van der Waals surface area contributed by atoms with E-state index in [0.29, 0.717) is 0 Å². The molecule has 0 saturated carbocycles. The third-order valence-electron chi connectivity index (χ3n) is 2.88. The zero-order valence-corrected chi connectivity index (χ0v) is 12.5. The van der Waals surface area contributed by atoms with Crippen molar-refractivity contribution < 1.29 is 0 Å². The van der Waals surface area contributed by atoms with Gasteiger partial charge < -0.3 is 4.90 Å². The molecular formula is C19H20N2. The van der Waals surface area contributed by atoms with E-state index in [1.807, 2.05) is 73.9 Å². The SMILES string of the molecule is CN(C)C=Cc1ccccc1.c1ccc2ncccc2c1. The zero-order valence-electron chi connectivity index (χ0n) is 12.5. The third kappa shape index (κ3) is 5.11. The van der Waals surface area contributed by atoms with Gasteiger partial charge in [0.05, 0.1) is 5.52 Å². The minimum atomic E-state index is 1.06. The van der Waals surface area contributed by atoms with Crippen molar-refractivity contribution >= 4 is 17.0 Å². The van der Waals surface area contributed by atoms with Crippen LogP contribution < -0.4 is 0 Å². The fraction of sp³-hybridized carbons (Fsp3) is 0.105. The highest BCUT2D eigenvalue weighted by molar-refractivity contribution is 5.77. The molecule has 0 amide bonds. The summed E-state index contributed by atoms with van der Waals surface area (Å²) in [7, 11) is 4.03. The van der Waals surface area contributed by atoms with Crippen LogP contribution in [0, 0.1) is 0 Å². The van der Waals surface area contributed by atoms with Gasteiger partial charge in [0.1, 0.15) is 0 Å². The molecule has 1 heterocycles. The van der Waals surface area contributed by atoms with Crippen LogP contribution in [0.5, 0.6) is 0 Å². The summed E-state index contributed by atoms with van der Waals surface area (Å²) in [5, 5.41) is 1.20. The van der Waals surface area contributed by atoms with Crippen molar-refractivity contribution in [3.63, 3.8) is 0 Å². The molecule has 0 spiro atoms. The van der Waals surface area contributed by atoms with Crippen molar-refractivity contribution in [3.05, 3.63) is 84.7 Å². The van der Waals surface area contributed by atoms with E-state index in [0.717, 1.165) is 5.52 Å². The number of pyridine rings is 1. The summed E-state index contributed by atoms with van der Waals surface area (Å²) >= 11 is 0. The lowest BCUT2D eigenvalue weighted by Crippen LogP contribution is -1.99. The van der Waals surface area contributed by atoms with Crippen LogP contribution in [-0.2, 0) is 0 Å². The van der Waals surface area contributed by atoms with Crippen LogP contribution in [0.4, 0.5) is 0 Å². The Balaban J connectivity index is 0.000000154. The second-order valence-corrected chi connectivity index (χ2v) is 4.89. The Hall–Kier alpha value is -2.61. The number of hydrogen-bond donors (Lipinski definition) is 0. The molecule has 0 fully saturated rings. The summed E-state index contributed by atoms with van der Waals surface area (Å²) in [6.45, 7) is 0. The summed E-state index contributed by atoms with van der Waals surface area (Å²) in [5.41, 5.74) is 2.30. The first kappa shape index (κ1) is 14.8. The molecule has 0 aliphatic heterocycles. The van der Waals surface area contributed by atoms with E-state index in [9.17, 15) is 0 Å². The molecule has 0 unspecified atom stereocenters. The van der Waals surface area contributed by atoms with E-state index in [-0.39, 0.29) is 0 Å². The summed E-state index contributed by atoms with van der Waals surface area (Å²) in [6, 6.07) is 22.3. The summed E-state index contributed by atoms with van der Waals surface area (Å²) in [6.07, 6.45) is 5.93. The maximum absolute atomic E-state index is 4.18. The molecular weight excluding hydrogens is 256 g/mol. The van der Waals surface area contributed by atoms with Crippen molar-refractivity contribution in [2.45, 2.75) is 0 Å². The molecule has 0 bridgehead atoms. The highest BCUT2D eigenvalue weighted by Gasteiger charge is 1.86. The molecule has 2 nitrogen and oxygen atoms in total. The van der Waals surface area contributed by atoms with E-state index in [1.165, 1.54) is 10.9 Å². The fourth-order valence-electron chi connectivity index (χ4n) is 1.82. The van der Waals surface area contributed by atoms with Gasteiger partial charge in [0.25, 0.3) is 0 Å². The zero-order chi connectivity index (χ0) is 14.9. The number of rotatable bonds is 2. The van der Waals surface area contributed by atoms with E-state index in [4.69, 9.17) is 0 Å². The van der Waals surface area contributed by atoms with Crippen LogP contribution in [0.2, 0.25) is 0 Å². The van der Waals surface area contributed by atoms with Gasteiger partial charge in [0.15, 0.2) is 0 Å². The maximum atomic E-state index is 4.18. The van der Waals surface area contributed by atoms with Gasteiger partial charge in [0, 0.05) is 25.7 Å². The molecule has 106 valence electrons. The Kier molecular flexibility index (Phi) is 5.53. The first-order chi connectivity index (χ1) is 10.3. The summed E-state index contributed by atoms with van der Waals surface area (Å²) < 4.78 is 0. The van der Waals surface area contributed by atoms with Crippen LogP contribution in [0.1, 0.15) is 5.56 Å². The first-order valence-electron chi connectivity index (χ1n) is 6.95. The highest BCUT2D eigenvalue weighted by atomic mass is 15.0. The Morgan fingerprint density at radius 2 is 1.48 bits per heavy atom. The van der Waals surface area contributed by atoms with Gasteiger partial charge in [0.2, 0.25) is 0 Å². The van der Waals surface area contributed by atoms with Gasteiger partial charge in [-0.2, -0.15) is 0 Å². The minimum absolute atomic E-state index is 1.06. The lowest BCUT2D eigenvalue weighted by molar-refractivity contribution is 0.567. The number of hydrogen-bond acceptors (Lipinski definition) is 2. The maximum Gasteiger partial charge on any atom is 0.0701 e. The van der Waals surface area contributed by atoms with Crippen LogP contribution in [-0.4, -0.2) is 24.0 Å². The number of para-hydroxylation sites is 1. The molecule has 0 N–H and O–H groups in total. The second kappa shape index (κ2) is 7.85. The number of fused-ring (bicyclic) bond motifs is 1. The molecule has 0 atom stereocenters. The Bertz CT molecular complexity index is 623. The van der Waals surface area contributed by atoms with Gasteiger partial charge in [-0.1, -0.05) is 54.6 Å². The summed E-state index contributed by atoms with van der Waals surface area (Å²) in [4.78, 5) is 6.20. The predicted octanol–water partition coefficient (Wildman–Crippen LogP) is 4.45. The molecule has 0 saturated heterocycles. The molecule has 0 aliphatic carbocycles. The Morgan fingerprint density at radius 3 is 2.19 bits per heavy atom. The number of aromatic nitrogens is 1. The van der Waals surface area contributed by atoms with Crippen LogP contribution in [0.3, 0.4) is 0 Å². The lowest BCUT2D eigenvalue weighted by Gasteiger charge is -2.02. The lowest BCUT2D eigenvalue weighted by atomic mass is 10.2. The highest BCUT2D eigenvalue weighted by Crippen LogP contribution is 2.07. The number of benzene rings is 2. The van der Waals surface area contributed by atoms with E-state index in [2.05, 4.69) is 35.3 Å². The van der Waals surface area contributed by atoms with E-state index < -0.39 is 0 Å². The van der Waals surface area contributed by atoms with Crippen LogP contribution in [0.25, 0.3) is 17.0 Å². The standard InChI is InChI=1S/C10H13N.C9H7N/c1-11(2)9-8-10-6-4-3-5-7-10;1-2-6-9-8(4-1)5-3-7-10-9/h3-9H,1-2H3;1-7H.